The van der Waals surface area contributed by atoms with E-state index in [4.69, 9.17) is 11.6 Å². The monoisotopic (exact) mass is 282 g/mol. The van der Waals surface area contributed by atoms with Crippen molar-refractivity contribution in [2.24, 2.45) is 0 Å². The number of hydrogen-bond donors (Lipinski definition) is 1. The summed E-state index contributed by atoms with van der Waals surface area (Å²) in [4.78, 5) is 0. The molecule has 1 N–H and O–H groups in total. The van der Waals surface area contributed by atoms with Gasteiger partial charge < -0.3 is 5.32 Å². The van der Waals surface area contributed by atoms with Crippen LogP contribution < -0.4 is 5.32 Å². The van der Waals surface area contributed by atoms with Crippen molar-refractivity contribution in [3.63, 3.8) is 0 Å². The summed E-state index contributed by atoms with van der Waals surface area (Å²) in [6.07, 6.45) is 1.80. The van der Waals surface area contributed by atoms with Gasteiger partial charge in [0.15, 0.2) is 0 Å². The molecule has 0 amide bonds. The maximum absolute atomic E-state index is 13.6. The van der Waals surface area contributed by atoms with E-state index in [1.54, 1.807) is 16.9 Å². The lowest BCUT2D eigenvalue weighted by Crippen LogP contribution is -2.21. The quantitative estimate of drug-likeness (QED) is 0.917. The van der Waals surface area contributed by atoms with Gasteiger partial charge in [0, 0.05) is 23.2 Å². The fraction of sp³-hybridized carbons (Fsp3) is 0.385. The Balaban J connectivity index is 2.05. The number of halogens is 2. The Labute approximate surface area is 116 Å². The Hall–Kier alpha value is -1.46. The molecule has 1 aromatic heterocycles. The van der Waals surface area contributed by atoms with Crippen molar-refractivity contribution in [1.29, 1.82) is 0 Å². The zero-order chi connectivity index (χ0) is 13.8. The van der Waals surface area contributed by atoms with Crippen molar-refractivity contribution in [3.8, 4) is 0 Å². The zero-order valence-electron chi connectivity index (χ0n) is 10.9. The fourth-order valence-electron chi connectivity index (χ4n) is 1.64. The number of benzene rings is 1. The molecule has 0 bridgehead atoms. The van der Waals surface area contributed by atoms with Gasteiger partial charge in [-0.3, -0.25) is 0 Å². The predicted molar refractivity (Wildman–Crippen MR) is 72.5 cm³/mol. The highest BCUT2D eigenvalue weighted by molar-refractivity contribution is 6.30. The molecule has 0 aliphatic heterocycles. The molecule has 0 radical (unpaired) electrons. The minimum Gasteiger partial charge on any atom is -0.309 e. The molecule has 0 atom stereocenters. The van der Waals surface area contributed by atoms with Crippen molar-refractivity contribution in [2.45, 2.75) is 33.0 Å². The lowest BCUT2D eigenvalue weighted by atomic mass is 10.2. The van der Waals surface area contributed by atoms with Crippen LogP contribution in [0.4, 0.5) is 4.39 Å². The summed E-state index contributed by atoms with van der Waals surface area (Å²) in [5.41, 5.74) is 1.33. The second-order valence-corrected chi connectivity index (χ2v) is 5.12. The molecule has 0 aliphatic rings. The van der Waals surface area contributed by atoms with Crippen LogP contribution in [-0.4, -0.2) is 21.0 Å². The Morgan fingerprint density at radius 2 is 2.21 bits per heavy atom. The molecule has 102 valence electrons. The molecule has 0 saturated heterocycles. The highest BCUT2D eigenvalue weighted by Crippen LogP contribution is 2.15. The average molecular weight is 283 g/mol. The molecule has 0 unspecified atom stereocenters. The van der Waals surface area contributed by atoms with Crippen molar-refractivity contribution < 1.29 is 4.39 Å². The first-order valence-corrected chi connectivity index (χ1v) is 6.48. The average Bonchev–Trinajstić information content (AvgIpc) is 2.79. The van der Waals surface area contributed by atoms with Crippen molar-refractivity contribution in [1.82, 2.24) is 20.3 Å². The van der Waals surface area contributed by atoms with Crippen molar-refractivity contribution >= 4 is 11.6 Å². The van der Waals surface area contributed by atoms with Crippen LogP contribution in [0.5, 0.6) is 0 Å². The van der Waals surface area contributed by atoms with Gasteiger partial charge in [-0.05, 0) is 18.2 Å². The first kappa shape index (κ1) is 14.0. The second-order valence-electron chi connectivity index (χ2n) is 4.68. The maximum atomic E-state index is 13.6. The molecule has 0 fully saturated rings. The molecule has 19 heavy (non-hydrogen) atoms. The van der Waals surface area contributed by atoms with Crippen LogP contribution in [0.3, 0.4) is 0 Å². The molecule has 2 rings (SSSR count). The van der Waals surface area contributed by atoms with Gasteiger partial charge in [0.25, 0.3) is 0 Å². The fourth-order valence-corrected chi connectivity index (χ4v) is 1.84. The standard InChI is InChI=1S/C13H16ClFN4/c1-9(2)16-6-12-8-19(18-17-12)7-10-5-11(14)3-4-13(10)15/h3-5,8-9,16H,6-7H2,1-2H3. The molecule has 6 heteroatoms. The van der Waals surface area contributed by atoms with Gasteiger partial charge in [-0.2, -0.15) is 0 Å². The number of nitrogens with one attached hydrogen (secondary N) is 1. The highest BCUT2D eigenvalue weighted by Gasteiger charge is 2.06. The summed E-state index contributed by atoms with van der Waals surface area (Å²) in [6, 6.07) is 4.87. The van der Waals surface area contributed by atoms with E-state index in [2.05, 4.69) is 29.5 Å². The second kappa shape index (κ2) is 6.12. The predicted octanol–water partition coefficient (Wildman–Crippen LogP) is 2.62. The molecule has 1 heterocycles. The van der Waals surface area contributed by atoms with Crippen molar-refractivity contribution in [2.75, 3.05) is 0 Å². The number of nitrogens with zero attached hydrogens (tertiary/aromatic N) is 3. The van der Waals surface area contributed by atoms with E-state index in [1.807, 2.05) is 0 Å². The summed E-state index contributed by atoms with van der Waals surface area (Å²) in [5, 5.41) is 11.8. The van der Waals surface area contributed by atoms with Crippen molar-refractivity contribution in [3.05, 3.63) is 46.5 Å². The van der Waals surface area contributed by atoms with Gasteiger partial charge in [0.2, 0.25) is 0 Å². The third-order valence-corrected chi connectivity index (χ3v) is 2.85. The first-order chi connectivity index (χ1) is 9.04. The van der Waals surface area contributed by atoms with Crippen LogP contribution in [0.1, 0.15) is 25.1 Å². The number of hydrogen-bond acceptors (Lipinski definition) is 3. The molecule has 4 nitrogen and oxygen atoms in total. The number of rotatable bonds is 5. The SMILES string of the molecule is CC(C)NCc1cn(Cc2cc(Cl)ccc2F)nn1. The molecule has 0 saturated carbocycles. The van der Waals surface area contributed by atoms with Gasteiger partial charge in [-0.25, -0.2) is 9.07 Å². The Kier molecular flexibility index (Phi) is 4.50. The molecular formula is C13H16ClFN4. The topological polar surface area (TPSA) is 42.7 Å². The smallest absolute Gasteiger partial charge is 0.128 e. The van der Waals surface area contributed by atoms with Crippen LogP contribution in [0.15, 0.2) is 24.4 Å². The zero-order valence-corrected chi connectivity index (χ0v) is 11.7. The van der Waals surface area contributed by atoms with E-state index in [9.17, 15) is 4.39 Å². The van der Waals surface area contributed by atoms with E-state index >= 15 is 0 Å². The van der Waals surface area contributed by atoms with E-state index in [1.165, 1.54) is 12.1 Å². The highest BCUT2D eigenvalue weighted by atomic mass is 35.5. The van der Waals surface area contributed by atoms with Gasteiger partial charge in [-0.1, -0.05) is 30.7 Å². The minimum absolute atomic E-state index is 0.290. The van der Waals surface area contributed by atoms with Gasteiger partial charge in [0.05, 0.1) is 18.4 Å². The molecular weight excluding hydrogens is 267 g/mol. The lowest BCUT2D eigenvalue weighted by molar-refractivity contribution is 0.575. The molecule has 2 aromatic rings. The van der Waals surface area contributed by atoms with Crippen LogP contribution in [0.2, 0.25) is 5.02 Å². The van der Waals surface area contributed by atoms with E-state index in [-0.39, 0.29) is 5.82 Å². The van der Waals surface area contributed by atoms with Crippen LogP contribution in [-0.2, 0) is 13.1 Å². The summed E-state index contributed by atoms with van der Waals surface area (Å²) in [5.74, 6) is -0.290. The van der Waals surface area contributed by atoms with Gasteiger partial charge >= 0.3 is 0 Å². The molecule has 0 aliphatic carbocycles. The Morgan fingerprint density at radius 3 is 2.95 bits per heavy atom. The molecule has 0 spiro atoms. The van der Waals surface area contributed by atoms with E-state index in [0.29, 0.717) is 29.7 Å². The Morgan fingerprint density at radius 1 is 1.42 bits per heavy atom. The largest absolute Gasteiger partial charge is 0.309 e. The number of aromatic nitrogens is 3. The summed E-state index contributed by atoms with van der Waals surface area (Å²) < 4.78 is 15.2. The van der Waals surface area contributed by atoms with Crippen LogP contribution in [0.25, 0.3) is 0 Å². The summed E-state index contributed by atoms with van der Waals surface area (Å²) in [6.45, 7) is 5.09. The minimum atomic E-state index is -0.290. The van der Waals surface area contributed by atoms with Gasteiger partial charge in [0.1, 0.15) is 5.82 Å². The normalized spacial score (nSPS) is 11.2. The van der Waals surface area contributed by atoms with Crippen LogP contribution >= 0.6 is 11.6 Å². The summed E-state index contributed by atoms with van der Waals surface area (Å²) in [7, 11) is 0. The summed E-state index contributed by atoms with van der Waals surface area (Å²) >= 11 is 5.85. The third-order valence-electron chi connectivity index (χ3n) is 2.62. The lowest BCUT2D eigenvalue weighted by Gasteiger charge is -2.04. The first-order valence-electron chi connectivity index (χ1n) is 6.11. The van der Waals surface area contributed by atoms with Crippen LogP contribution in [0, 0.1) is 5.82 Å². The maximum Gasteiger partial charge on any atom is 0.128 e. The van der Waals surface area contributed by atoms with E-state index < -0.39 is 0 Å². The Bertz CT molecular complexity index is 553. The van der Waals surface area contributed by atoms with Gasteiger partial charge in [-0.15, -0.1) is 5.10 Å². The third kappa shape index (κ3) is 4.01. The van der Waals surface area contributed by atoms with E-state index in [0.717, 1.165) is 5.69 Å². The molecule has 1 aromatic carbocycles.